The number of benzene rings is 1. The summed E-state index contributed by atoms with van der Waals surface area (Å²) in [5.41, 5.74) is 1.30. The van der Waals surface area contributed by atoms with Gasteiger partial charge in [0.2, 0.25) is 6.79 Å². The molecular weight excluding hydrogens is 264 g/mol. The SMILES string of the molecule is OCC[C@H]1C2C=CC=CC2[C@@H]1Cc1ccc2c(c1)OCO2. The van der Waals surface area contributed by atoms with Crippen molar-refractivity contribution in [3.05, 3.63) is 48.1 Å². The van der Waals surface area contributed by atoms with E-state index in [1.54, 1.807) is 0 Å². The molecule has 0 amide bonds. The Hall–Kier alpha value is -1.74. The predicted octanol–water partition coefficient (Wildman–Crippen LogP) is 2.94. The molecule has 21 heavy (non-hydrogen) atoms. The summed E-state index contributed by atoms with van der Waals surface area (Å²) < 4.78 is 10.8. The minimum Gasteiger partial charge on any atom is -0.454 e. The third-order valence-corrected chi connectivity index (χ3v) is 5.13. The maximum Gasteiger partial charge on any atom is 0.231 e. The van der Waals surface area contributed by atoms with E-state index in [-0.39, 0.29) is 6.61 Å². The Morgan fingerprint density at radius 1 is 1.00 bits per heavy atom. The highest BCUT2D eigenvalue weighted by atomic mass is 16.7. The van der Waals surface area contributed by atoms with Crippen LogP contribution in [0.3, 0.4) is 0 Å². The van der Waals surface area contributed by atoms with Crippen molar-refractivity contribution in [3.8, 4) is 11.5 Å². The Kier molecular flexibility index (Phi) is 3.23. The van der Waals surface area contributed by atoms with Gasteiger partial charge in [-0.1, -0.05) is 30.4 Å². The highest BCUT2D eigenvalue weighted by Crippen LogP contribution is 2.52. The fraction of sp³-hybridized carbons (Fsp3) is 0.444. The molecule has 0 radical (unpaired) electrons. The maximum atomic E-state index is 9.32. The molecule has 2 unspecified atom stereocenters. The van der Waals surface area contributed by atoms with Crippen molar-refractivity contribution in [1.29, 1.82) is 0 Å². The molecule has 1 fully saturated rings. The van der Waals surface area contributed by atoms with E-state index in [4.69, 9.17) is 9.47 Å². The minimum absolute atomic E-state index is 0.281. The van der Waals surface area contributed by atoms with E-state index in [1.165, 1.54) is 5.56 Å². The molecule has 1 saturated carbocycles. The van der Waals surface area contributed by atoms with E-state index in [0.717, 1.165) is 24.3 Å². The molecule has 4 atom stereocenters. The summed E-state index contributed by atoms with van der Waals surface area (Å²) in [5.74, 6) is 4.15. The first-order chi connectivity index (χ1) is 10.4. The lowest BCUT2D eigenvalue weighted by molar-refractivity contribution is 0.0219. The average Bonchev–Trinajstić information content (AvgIpc) is 2.98. The fourth-order valence-electron chi connectivity index (χ4n) is 4.11. The molecule has 0 aromatic heterocycles. The lowest BCUT2D eigenvalue weighted by Gasteiger charge is -2.51. The van der Waals surface area contributed by atoms with Gasteiger partial charge in [-0.15, -0.1) is 0 Å². The molecule has 1 N–H and O–H groups in total. The van der Waals surface area contributed by atoms with Crippen LogP contribution >= 0.6 is 0 Å². The van der Waals surface area contributed by atoms with Gasteiger partial charge in [0.25, 0.3) is 0 Å². The molecule has 1 aliphatic heterocycles. The number of hydrogen-bond acceptors (Lipinski definition) is 3. The van der Waals surface area contributed by atoms with Crippen LogP contribution in [0.25, 0.3) is 0 Å². The standard InChI is InChI=1S/C18H20O3/c19-8-7-15-13-3-1-2-4-14(13)16(15)9-12-5-6-17-18(10-12)21-11-20-17/h1-6,10,13-16,19H,7-9,11H2/t13?,14?,15-,16-/m0/s1. The first kappa shape index (κ1) is 13.0. The third-order valence-electron chi connectivity index (χ3n) is 5.13. The van der Waals surface area contributed by atoms with E-state index >= 15 is 0 Å². The fourth-order valence-corrected chi connectivity index (χ4v) is 4.11. The molecule has 2 aliphatic carbocycles. The summed E-state index contributed by atoms with van der Waals surface area (Å²) in [4.78, 5) is 0. The highest BCUT2D eigenvalue weighted by Gasteiger charge is 2.47. The Bertz CT molecular complexity index is 590. The van der Waals surface area contributed by atoms with Crippen molar-refractivity contribution in [2.45, 2.75) is 12.8 Å². The normalized spacial score (nSPS) is 31.9. The topological polar surface area (TPSA) is 38.7 Å². The van der Waals surface area contributed by atoms with Crippen LogP contribution in [0, 0.1) is 23.7 Å². The number of hydrogen-bond donors (Lipinski definition) is 1. The van der Waals surface area contributed by atoms with Crippen LogP contribution in [0.5, 0.6) is 11.5 Å². The van der Waals surface area contributed by atoms with Crippen LogP contribution in [0.2, 0.25) is 0 Å². The second kappa shape index (κ2) is 5.23. The van der Waals surface area contributed by atoms with Gasteiger partial charge < -0.3 is 14.6 Å². The third kappa shape index (κ3) is 2.16. The lowest BCUT2D eigenvalue weighted by atomic mass is 9.53. The predicted molar refractivity (Wildman–Crippen MR) is 80.2 cm³/mol. The van der Waals surface area contributed by atoms with Gasteiger partial charge in [-0.3, -0.25) is 0 Å². The van der Waals surface area contributed by atoms with Crippen molar-refractivity contribution in [1.82, 2.24) is 0 Å². The van der Waals surface area contributed by atoms with Crippen LogP contribution in [0.15, 0.2) is 42.5 Å². The second-order valence-electron chi connectivity index (χ2n) is 6.16. The molecule has 110 valence electrons. The molecule has 3 aliphatic rings. The van der Waals surface area contributed by atoms with Crippen LogP contribution in [-0.4, -0.2) is 18.5 Å². The number of allylic oxidation sites excluding steroid dienone is 4. The van der Waals surface area contributed by atoms with E-state index < -0.39 is 0 Å². The first-order valence-corrected chi connectivity index (χ1v) is 7.71. The zero-order valence-electron chi connectivity index (χ0n) is 11.9. The van der Waals surface area contributed by atoms with Gasteiger partial charge >= 0.3 is 0 Å². The molecular formula is C18H20O3. The van der Waals surface area contributed by atoms with E-state index in [1.807, 2.05) is 6.07 Å². The van der Waals surface area contributed by atoms with Gasteiger partial charge in [-0.25, -0.2) is 0 Å². The van der Waals surface area contributed by atoms with Crippen molar-refractivity contribution < 1.29 is 14.6 Å². The van der Waals surface area contributed by atoms with E-state index in [0.29, 0.717) is 30.5 Å². The van der Waals surface area contributed by atoms with Crippen LogP contribution in [0.1, 0.15) is 12.0 Å². The molecule has 0 saturated heterocycles. The summed E-state index contributed by atoms with van der Waals surface area (Å²) in [6, 6.07) is 6.25. The smallest absolute Gasteiger partial charge is 0.231 e. The quantitative estimate of drug-likeness (QED) is 0.924. The van der Waals surface area contributed by atoms with E-state index in [2.05, 4.69) is 36.4 Å². The van der Waals surface area contributed by atoms with E-state index in [9.17, 15) is 5.11 Å². The van der Waals surface area contributed by atoms with Gasteiger partial charge in [-0.05, 0) is 54.2 Å². The largest absolute Gasteiger partial charge is 0.454 e. The monoisotopic (exact) mass is 284 g/mol. The molecule has 3 nitrogen and oxygen atoms in total. The van der Waals surface area contributed by atoms with Gasteiger partial charge in [0.15, 0.2) is 11.5 Å². The van der Waals surface area contributed by atoms with Gasteiger partial charge in [-0.2, -0.15) is 0 Å². The van der Waals surface area contributed by atoms with Crippen LogP contribution in [-0.2, 0) is 6.42 Å². The number of aliphatic hydroxyl groups is 1. The molecule has 3 heteroatoms. The zero-order valence-corrected chi connectivity index (χ0v) is 11.9. The van der Waals surface area contributed by atoms with Gasteiger partial charge in [0.05, 0.1) is 0 Å². The van der Waals surface area contributed by atoms with Crippen molar-refractivity contribution in [3.63, 3.8) is 0 Å². The molecule has 1 aromatic carbocycles. The molecule has 0 spiro atoms. The van der Waals surface area contributed by atoms with Crippen LogP contribution < -0.4 is 9.47 Å². The summed E-state index contributed by atoms with van der Waals surface area (Å²) in [5, 5.41) is 9.32. The van der Waals surface area contributed by atoms with Crippen molar-refractivity contribution >= 4 is 0 Å². The molecule has 1 aromatic rings. The van der Waals surface area contributed by atoms with Gasteiger partial charge in [0, 0.05) is 6.61 Å². The Labute approximate surface area is 124 Å². The first-order valence-electron chi connectivity index (χ1n) is 7.71. The molecule has 4 rings (SSSR count). The van der Waals surface area contributed by atoms with Crippen molar-refractivity contribution in [2.75, 3.05) is 13.4 Å². The summed E-state index contributed by atoms with van der Waals surface area (Å²) >= 11 is 0. The Balaban J connectivity index is 1.52. The van der Waals surface area contributed by atoms with Crippen molar-refractivity contribution in [2.24, 2.45) is 23.7 Å². The molecule has 0 bridgehead atoms. The zero-order chi connectivity index (χ0) is 14.2. The summed E-state index contributed by atoms with van der Waals surface area (Å²) in [7, 11) is 0. The highest BCUT2D eigenvalue weighted by molar-refractivity contribution is 5.44. The summed E-state index contributed by atoms with van der Waals surface area (Å²) in [6.45, 7) is 0.608. The summed E-state index contributed by atoms with van der Waals surface area (Å²) in [6.07, 6.45) is 10.9. The maximum absolute atomic E-state index is 9.32. The second-order valence-corrected chi connectivity index (χ2v) is 6.16. The lowest BCUT2D eigenvalue weighted by Crippen LogP contribution is -2.47. The number of aliphatic hydroxyl groups excluding tert-OH is 1. The average molecular weight is 284 g/mol. The van der Waals surface area contributed by atoms with Crippen LogP contribution in [0.4, 0.5) is 0 Å². The number of fused-ring (bicyclic) bond motifs is 2. The number of ether oxygens (including phenoxy) is 2. The molecule has 1 heterocycles. The number of rotatable bonds is 4. The van der Waals surface area contributed by atoms with Gasteiger partial charge in [0.1, 0.15) is 0 Å². The minimum atomic E-state index is 0.281. The Morgan fingerprint density at radius 2 is 1.76 bits per heavy atom. The Morgan fingerprint density at radius 3 is 2.57 bits per heavy atom.